The minimum atomic E-state index is -0.109. The first kappa shape index (κ1) is 20.5. The van der Waals surface area contributed by atoms with Crippen LogP contribution in [0, 0.1) is 0 Å². The number of nitrogens with zero attached hydrogens (tertiary/aromatic N) is 4. The Hall–Kier alpha value is -1.83. The van der Waals surface area contributed by atoms with Crippen LogP contribution in [0.3, 0.4) is 0 Å². The fourth-order valence-corrected chi connectivity index (χ4v) is 3.38. The molecular formula is C18H29N5O2S. The summed E-state index contributed by atoms with van der Waals surface area (Å²) in [5.74, 6) is 1.10. The summed E-state index contributed by atoms with van der Waals surface area (Å²) in [6, 6.07) is 0. The first-order valence-electron chi connectivity index (χ1n) is 9.65. The summed E-state index contributed by atoms with van der Waals surface area (Å²) in [5, 5.41) is 16.4. The summed E-state index contributed by atoms with van der Waals surface area (Å²) in [4.78, 5) is 16.3. The summed E-state index contributed by atoms with van der Waals surface area (Å²) >= 11 is 1.46. The zero-order valence-corrected chi connectivity index (χ0v) is 16.6. The second-order valence-corrected chi connectivity index (χ2v) is 7.48. The summed E-state index contributed by atoms with van der Waals surface area (Å²) in [6.07, 6.45) is 11.0. The predicted octanol–water partition coefficient (Wildman–Crippen LogP) is 4.35. The fourth-order valence-electron chi connectivity index (χ4n) is 2.58. The van der Waals surface area contributed by atoms with Gasteiger partial charge in [0.25, 0.3) is 0 Å². The van der Waals surface area contributed by atoms with Gasteiger partial charge in [0, 0.05) is 25.7 Å². The molecule has 26 heavy (non-hydrogen) atoms. The Bertz CT molecular complexity index is 656. The summed E-state index contributed by atoms with van der Waals surface area (Å²) in [7, 11) is 0. The molecule has 0 aliphatic rings. The van der Waals surface area contributed by atoms with Crippen LogP contribution in [-0.2, 0) is 24.1 Å². The average molecular weight is 380 g/mol. The van der Waals surface area contributed by atoms with Crippen molar-refractivity contribution in [3.8, 4) is 0 Å². The van der Waals surface area contributed by atoms with E-state index in [1.165, 1.54) is 43.4 Å². The van der Waals surface area contributed by atoms with Crippen molar-refractivity contribution in [2.45, 2.75) is 84.5 Å². The van der Waals surface area contributed by atoms with Gasteiger partial charge in [-0.05, 0) is 12.8 Å². The van der Waals surface area contributed by atoms with Crippen molar-refractivity contribution in [3.05, 3.63) is 16.7 Å². The van der Waals surface area contributed by atoms with Crippen LogP contribution in [0.4, 0.5) is 5.13 Å². The Balaban J connectivity index is 1.64. The highest BCUT2D eigenvalue weighted by molar-refractivity contribution is 7.15. The molecule has 0 bridgehead atoms. The number of carbonyl (C=O) groups excluding carboxylic acids is 1. The second kappa shape index (κ2) is 11.7. The average Bonchev–Trinajstić information content (AvgIpc) is 3.26. The molecule has 7 nitrogen and oxygen atoms in total. The van der Waals surface area contributed by atoms with Crippen LogP contribution < -0.4 is 5.32 Å². The third kappa shape index (κ3) is 7.59. The number of hydrogen-bond acceptors (Lipinski definition) is 7. The van der Waals surface area contributed by atoms with Gasteiger partial charge in [-0.25, -0.2) is 0 Å². The van der Waals surface area contributed by atoms with Gasteiger partial charge in [0.2, 0.25) is 16.9 Å². The molecule has 0 spiro atoms. The SMILES string of the molecule is CCCCCCCCc1nnc(NC(=O)CCc2nc(CCC)no2)s1. The molecule has 2 aromatic heterocycles. The number of nitrogens with one attached hydrogen (secondary N) is 1. The highest BCUT2D eigenvalue weighted by Crippen LogP contribution is 2.18. The molecule has 1 amide bonds. The molecule has 0 fully saturated rings. The number of carbonyl (C=O) groups is 1. The molecule has 2 heterocycles. The van der Waals surface area contributed by atoms with Crippen molar-refractivity contribution in [3.63, 3.8) is 0 Å². The van der Waals surface area contributed by atoms with Crippen molar-refractivity contribution in [2.75, 3.05) is 5.32 Å². The molecular weight excluding hydrogens is 350 g/mol. The van der Waals surface area contributed by atoms with Crippen molar-refractivity contribution in [1.29, 1.82) is 0 Å². The normalized spacial score (nSPS) is 11.0. The molecule has 0 unspecified atom stereocenters. The largest absolute Gasteiger partial charge is 0.339 e. The lowest BCUT2D eigenvalue weighted by molar-refractivity contribution is -0.116. The van der Waals surface area contributed by atoms with Gasteiger partial charge in [-0.1, -0.05) is 62.4 Å². The third-order valence-corrected chi connectivity index (χ3v) is 4.91. The minimum absolute atomic E-state index is 0.109. The molecule has 0 aromatic carbocycles. The highest BCUT2D eigenvalue weighted by Gasteiger charge is 2.11. The van der Waals surface area contributed by atoms with Crippen LogP contribution in [0.25, 0.3) is 0 Å². The maximum absolute atomic E-state index is 12.0. The summed E-state index contributed by atoms with van der Waals surface area (Å²) in [6.45, 7) is 4.29. The number of unbranched alkanes of at least 4 members (excludes halogenated alkanes) is 5. The lowest BCUT2D eigenvalue weighted by Crippen LogP contribution is -2.12. The Labute approximate surface area is 159 Å². The van der Waals surface area contributed by atoms with E-state index < -0.39 is 0 Å². The van der Waals surface area contributed by atoms with Crippen LogP contribution in [0.15, 0.2) is 4.52 Å². The number of rotatable bonds is 13. The van der Waals surface area contributed by atoms with Crippen LogP contribution >= 0.6 is 11.3 Å². The van der Waals surface area contributed by atoms with Crippen molar-refractivity contribution >= 4 is 22.4 Å². The number of amides is 1. The molecule has 2 rings (SSSR count). The Morgan fingerprint density at radius 2 is 1.81 bits per heavy atom. The number of anilines is 1. The van der Waals surface area contributed by atoms with Crippen molar-refractivity contribution in [1.82, 2.24) is 20.3 Å². The van der Waals surface area contributed by atoms with Gasteiger partial charge in [-0.2, -0.15) is 4.98 Å². The summed E-state index contributed by atoms with van der Waals surface area (Å²) < 4.78 is 5.13. The Morgan fingerprint density at radius 3 is 2.62 bits per heavy atom. The Morgan fingerprint density at radius 1 is 1.00 bits per heavy atom. The predicted molar refractivity (Wildman–Crippen MR) is 102 cm³/mol. The first-order chi connectivity index (χ1) is 12.7. The van der Waals surface area contributed by atoms with E-state index in [2.05, 4.69) is 39.5 Å². The van der Waals surface area contributed by atoms with E-state index in [9.17, 15) is 4.79 Å². The van der Waals surface area contributed by atoms with Crippen LogP contribution in [-0.4, -0.2) is 26.2 Å². The fraction of sp³-hybridized carbons (Fsp3) is 0.722. The minimum Gasteiger partial charge on any atom is -0.339 e. The van der Waals surface area contributed by atoms with Gasteiger partial charge in [0.05, 0.1) is 0 Å². The zero-order valence-electron chi connectivity index (χ0n) is 15.8. The van der Waals surface area contributed by atoms with Gasteiger partial charge in [0.1, 0.15) is 5.01 Å². The van der Waals surface area contributed by atoms with E-state index >= 15 is 0 Å². The molecule has 8 heteroatoms. The van der Waals surface area contributed by atoms with E-state index in [4.69, 9.17) is 4.52 Å². The maximum Gasteiger partial charge on any atom is 0.227 e. The van der Waals surface area contributed by atoms with Crippen LogP contribution in [0.2, 0.25) is 0 Å². The van der Waals surface area contributed by atoms with Gasteiger partial charge < -0.3 is 9.84 Å². The molecule has 0 saturated heterocycles. The Kier molecular flexibility index (Phi) is 9.23. The van der Waals surface area contributed by atoms with Gasteiger partial charge in [0.15, 0.2) is 5.82 Å². The number of aromatic nitrogens is 4. The smallest absolute Gasteiger partial charge is 0.227 e. The second-order valence-electron chi connectivity index (χ2n) is 6.42. The monoisotopic (exact) mass is 379 g/mol. The van der Waals surface area contributed by atoms with Gasteiger partial charge >= 0.3 is 0 Å². The summed E-state index contributed by atoms with van der Waals surface area (Å²) in [5.41, 5.74) is 0. The van der Waals surface area contributed by atoms with Gasteiger partial charge in [-0.3, -0.25) is 4.79 Å². The standard InChI is InChI=1S/C18H29N5O2S/c1-3-5-6-7-8-9-11-17-21-22-18(26-17)20-15(24)12-13-16-19-14(10-4-2)23-25-16/h3-13H2,1-2H3,(H,20,22,24). The highest BCUT2D eigenvalue weighted by atomic mass is 32.1. The molecule has 0 aliphatic carbocycles. The lowest BCUT2D eigenvalue weighted by Gasteiger charge is -1.99. The van der Waals surface area contributed by atoms with E-state index in [0.29, 0.717) is 29.7 Å². The topological polar surface area (TPSA) is 93.8 Å². The molecule has 2 aromatic rings. The first-order valence-corrected chi connectivity index (χ1v) is 10.5. The molecule has 1 N–H and O–H groups in total. The zero-order chi connectivity index (χ0) is 18.6. The number of hydrogen-bond donors (Lipinski definition) is 1. The maximum atomic E-state index is 12.0. The molecule has 0 saturated carbocycles. The van der Waals surface area contributed by atoms with Crippen molar-refractivity contribution in [2.24, 2.45) is 0 Å². The quantitative estimate of drug-likeness (QED) is 0.520. The molecule has 0 atom stereocenters. The van der Waals surface area contributed by atoms with Crippen LogP contribution in [0.5, 0.6) is 0 Å². The van der Waals surface area contributed by atoms with E-state index in [1.807, 2.05) is 0 Å². The molecule has 0 radical (unpaired) electrons. The lowest BCUT2D eigenvalue weighted by atomic mass is 10.1. The van der Waals surface area contributed by atoms with Crippen LogP contribution in [0.1, 0.15) is 81.9 Å². The van der Waals surface area contributed by atoms with E-state index in [-0.39, 0.29) is 5.91 Å². The molecule has 0 aliphatic heterocycles. The van der Waals surface area contributed by atoms with E-state index in [0.717, 1.165) is 30.7 Å². The van der Waals surface area contributed by atoms with Crippen molar-refractivity contribution < 1.29 is 9.32 Å². The van der Waals surface area contributed by atoms with E-state index in [1.54, 1.807) is 0 Å². The molecule has 144 valence electrons. The number of aryl methyl sites for hydroxylation is 3. The third-order valence-electron chi connectivity index (χ3n) is 4.01. The van der Waals surface area contributed by atoms with Gasteiger partial charge in [-0.15, -0.1) is 10.2 Å².